The van der Waals surface area contributed by atoms with E-state index in [9.17, 15) is 12.8 Å². The lowest BCUT2D eigenvalue weighted by atomic mass is 10.0. The normalized spacial score (nSPS) is 17.7. The lowest BCUT2D eigenvalue weighted by Gasteiger charge is -2.26. The fourth-order valence-corrected chi connectivity index (χ4v) is 4.57. The highest BCUT2D eigenvalue weighted by molar-refractivity contribution is 7.89. The Labute approximate surface area is 134 Å². The average molecular weight is 339 g/mol. The van der Waals surface area contributed by atoms with Crippen LogP contribution >= 0.6 is 0 Å². The number of rotatable bonds is 3. The molecule has 0 saturated heterocycles. The fraction of sp³-hybridized carbons (Fsp3) is 0.400. The average Bonchev–Trinajstić information content (AvgIpc) is 2.73. The first-order valence-electron chi connectivity index (χ1n) is 7.24. The Morgan fingerprint density at radius 1 is 1.39 bits per heavy atom. The monoisotopic (exact) mass is 339 g/mol. The molecule has 0 aliphatic carbocycles. The molecule has 3 rings (SSSR count). The Balaban J connectivity index is 1.98. The van der Waals surface area contributed by atoms with Crippen LogP contribution in [0.4, 0.5) is 4.39 Å². The predicted octanol–water partition coefficient (Wildman–Crippen LogP) is 1.98. The molecule has 0 spiro atoms. The first-order valence-corrected chi connectivity index (χ1v) is 8.72. The van der Waals surface area contributed by atoms with E-state index in [-0.39, 0.29) is 4.90 Å². The minimum absolute atomic E-state index is 0.171. The van der Waals surface area contributed by atoms with Gasteiger partial charge >= 0.3 is 0 Å². The van der Waals surface area contributed by atoms with Crippen molar-refractivity contribution in [3.63, 3.8) is 0 Å². The third kappa shape index (κ3) is 2.84. The Hall–Kier alpha value is -1.93. The number of nitrogens with one attached hydrogen (secondary N) is 1. The molecular formula is C15H18FN3O3S. The highest BCUT2D eigenvalue weighted by Crippen LogP contribution is 2.34. The highest BCUT2D eigenvalue weighted by Gasteiger charge is 2.30. The number of sulfonamides is 1. The molecule has 8 heteroatoms. The second kappa shape index (κ2) is 5.61. The second-order valence-corrected chi connectivity index (χ2v) is 7.27. The zero-order valence-corrected chi connectivity index (χ0v) is 13.9. The summed E-state index contributed by atoms with van der Waals surface area (Å²) in [5.41, 5.74) is 1.50. The second-order valence-electron chi connectivity index (χ2n) is 5.62. The molecule has 0 radical (unpaired) electrons. The van der Waals surface area contributed by atoms with Crippen LogP contribution in [-0.2, 0) is 17.1 Å². The fourth-order valence-electron chi connectivity index (χ4n) is 2.88. The summed E-state index contributed by atoms with van der Waals surface area (Å²) in [5, 5.41) is 4.14. The van der Waals surface area contributed by atoms with Gasteiger partial charge in [0.1, 0.15) is 16.5 Å². The number of halogens is 1. The maximum Gasteiger partial charge on any atom is 0.244 e. The van der Waals surface area contributed by atoms with Gasteiger partial charge in [-0.05, 0) is 32.0 Å². The molecule has 1 aliphatic heterocycles. The molecule has 2 heterocycles. The zero-order valence-electron chi connectivity index (χ0n) is 13.1. The predicted molar refractivity (Wildman–Crippen MR) is 82.3 cm³/mol. The van der Waals surface area contributed by atoms with Gasteiger partial charge < -0.3 is 4.74 Å². The third-order valence-electron chi connectivity index (χ3n) is 4.02. The van der Waals surface area contributed by atoms with Crippen LogP contribution in [0.3, 0.4) is 0 Å². The molecule has 124 valence electrons. The van der Waals surface area contributed by atoms with Crippen LogP contribution in [0.1, 0.15) is 29.4 Å². The summed E-state index contributed by atoms with van der Waals surface area (Å²) in [7, 11) is -2.07. The van der Waals surface area contributed by atoms with E-state index >= 15 is 0 Å². The van der Waals surface area contributed by atoms with Gasteiger partial charge in [-0.25, -0.2) is 17.5 Å². The van der Waals surface area contributed by atoms with Gasteiger partial charge in [0.25, 0.3) is 0 Å². The van der Waals surface area contributed by atoms with Crippen molar-refractivity contribution in [3.05, 3.63) is 41.0 Å². The van der Waals surface area contributed by atoms with Crippen molar-refractivity contribution in [2.24, 2.45) is 7.05 Å². The largest absolute Gasteiger partial charge is 0.493 e. The van der Waals surface area contributed by atoms with Crippen molar-refractivity contribution >= 4 is 10.0 Å². The number of ether oxygens (including phenoxy) is 1. The molecule has 0 fully saturated rings. The lowest BCUT2D eigenvalue weighted by molar-refractivity contribution is 0.262. The van der Waals surface area contributed by atoms with Crippen LogP contribution in [-0.4, -0.2) is 24.8 Å². The summed E-state index contributed by atoms with van der Waals surface area (Å²) in [5.74, 6) is 0.0807. The number of fused-ring (bicyclic) bond motifs is 1. The summed E-state index contributed by atoms with van der Waals surface area (Å²) in [6.07, 6.45) is 0.439. The Kier molecular flexibility index (Phi) is 3.89. The number of hydrogen-bond acceptors (Lipinski definition) is 4. The van der Waals surface area contributed by atoms with Crippen molar-refractivity contribution in [2.75, 3.05) is 6.61 Å². The quantitative estimate of drug-likeness (QED) is 0.928. The molecule has 6 nitrogen and oxygen atoms in total. The summed E-state index contributed by atoms with van der Waals surface area (Å²) in [6.45, 7) is 3.72. The van der Waals surface area contributed by atoms with Gasteiger partial charge in [0, 0.05) is 19.0 Å². The maximum absolute atomic E-state index is 13.5. The van der Waals surface area contributed by atoms with Crippen molar-refractivity contribution in [1.29, 1.82) is 0 Å². The van der Waals surface area contributed by atoms with E-state index < -0.39 is 21.9 Å². The number of hydrogen-bond donors (Lipinski definition) is 1. The SMILES string of the molecule is Cc1nn(C)c(C)c1S(=O)(=O)NC1CCOc2ccc(F)cc21. The summed E-state index contributed by atoms with van der Waals surface area (Å²) in [6, 6.07) is 3.60. The first kappa shape index (κ1) is 15.9. The summed E-state index contributed by atoms with van der Waals surface area (Å²) >= 11 is 0. The molecule has 23 heavy (non-hydrogen) atoms. The maximum atomic E-state index is 13.5. The zero-order chi connectivity index (χ0) is 16.8. The minimum Gasteiger partial charge on any atom is -0.493 e. The van der Waals surface area contributed by atoms with Gasteiger partial charge in [-0.15, -0.1) is 0 Å². The topological polar surface area (TPSA) is 73.2 Å². The van der Waals surface area contributed by atoms with E-state index in [1.54, 1.807) is 20.9 Å². The lowest BCUT2D eigenvalue weighted by Crippen LogP contribution is -2.32. The number of benzene rings is 1. The van der Waals surface area contributed by atoms with E-state index in [4.69, 9.17) is 4.74 Å². The van der Waals surface area contributed by atoms with Crippen LogP contribution in [0, 0.1) is 19.7 Å². The first-order chi connectivity index (χ1) is 10.8. The molecule has 0 amide bonds. The standard InChI is InChI=1S/C15H18FN3O3S/c1-9-15(10(2)19(3)17-9)23(20,21)18-13-6-7-22-14-5-4-11(16)8-12(13)14/h4-5,8,13,18H,6-7H2,1-3H3. The van der Waals surface area contributed by atoms with Gasteiger partial charge in [0.2, 0.25) is 10.0 Å². The van der Waals surface area contributed by atoms with Crippen molar-refractivity contribution in [2.45, 2.75) is 31.2 Å². The van der Waals surface area contributed by atoms with Crippen LogP contribution in [0.15, 0.2) is 23.1 Å². The van der Waals surface area contributed by atoms with Gasteiger partial charge in [0.05, 0.1) is 24.0 Å². The van der Waals surface area contributed by atoms with E-state index in [0.717, 1.165) is 0 Å². The number of aromatic nitrogens is 2. The molecule has 2 aromatic rings. The number of nitrogens with zero attached hydrogens (tertiary/aromatic N) is 2. The van der Waals surface area contributed by atoms with Crippen LogP contribution in [0.2, 0.25) is 0 Å². The molecular weight excluding hydrogens is 321 g/mol. The van der Waals surface area contributed by atoms with E-state index in [2.05, 4.69) is 9.82 Å². The van der Waals surface area contributed by atoms with E-state index in [1.165, 1.54) is 22.9 Å². The van der Waals surface area contributed by atoms with E-state index in [0.29, 0.717) is 35.7 Å². The Bertz CT molecular complexity index is 861. The van der Waals surface area contributed by atoms with E-state index in [1.807, 2.05) is 0 Å². The molecule has 1 aromatic carbocycles. The molecule has 1 aliphatic rings. The van der Waals surface area contributed by atoms with Crippen molar-refractivity contribution in [1.82, 2.24) is 14.5 Å². The Morgan fingerprint density at radius 2 is 2.13 bits per heavy atom. The van der Waals surface area contributed by atoms with Gasteiger partial charge in [-0.3, -0.25) is 4.68 Å². The summed E-state index contributed by atoms with van der Waals surface area (Å²) in [4.78, 5) is 0.171. The van der Waals surface area contributed by atoms with Crippen molar-refractivity contribution in [3.8, 4) is 5.75 Å². The smallest absolute Gasteiger partial charge is 0.244 e. The van der Waals surface area contributed by atoms with Crippen LogP contribution < -0.4 is 9.46 Å². The minimum atomic E-state index is -3.77. The third-order valence-corrected chi connectivity index (χ3v) is 5.74. The molecule has 1 N–H and O–H groups in total. The molecule has 1 aromatic heterocycles. The molecule has 0 saturated carbocycles. The van der Waals surface area contributed by atoms with Crippen LogP contribution in [0.25, 0.3) is 0 Å². The molecule has 1 unspecified atom stereocenters. The summed E-state index contributed by atoms with van der Waals surface area (Å²) < 4.78 is 48.7. The Morgan fingerprint density at radius 3 is 2.78 bits per heavy atom. The van der Waals surface area contributed by atoms with Gasteiger partial charge in [-0.1, -0.05) is 0 Å². The highest BCUT2D eigenvalue weighted by atomic mass is 32.2. The van der Waals surface area contributed by atoms with Gasteiger partial charge in [-0.2, -0.15) is 5.10 Å². The molecule has 0 bridgehead atoms. The van der Waals surface area contributed by atoms with Gasteiger partial charge in [0.15, 0.2) is 0 Å². The van der Waals surface area contributed by atoms with Crippen LogP contribution in [0.5, 0.6) is 5.75 Å². The number of aryl methyl sites for hydroxylation is 2. The van der Waals surface area contributed by atoms with Crippen molar-refractivity contribution < 1.29 is 17.5 Å². The molecule has 1 atom stereocenters.